The Kier molecular flexibility index (Phi) is 6.18. The van der Waals surface area contributed by atoms with E-state index >= 15 is 0 Å². The molecule has 1 atom stereocenters. The van der Waals surface area contributed by atoms with Gasteiger partial charge in [0.25, 0.3) is 0 Å². The third-order valence-corrected chi connectivity index (χ3v) is 2.60. The van der Waals surface area contributed by atoms with Crippen LogP contribution in [0.25, 0.3) is 0 Å². The van der Waals surface area contributed by atoms with Crippen molar-refractivity contribution >= 4 is 5.91 Å². The second kappa shape index (κ2) is 7.68. The van der Waals surface area contributed by atoms with Crippen LogP contribution in [0.1, 0.15) is 18.1 Å². The molecule has 0 aliphatic heterocycles. The normalized spacial score (nSPS) is 11.9. The van der Waals surface area contributed by atoms with E-state index in [2.05, 4.69) is 10.6 Å². The van der Waals surface area contributed by atoms with E-state index in [1.165, 1.54) is 0 Å². The summed E-state index contributed by atoms with van der Waals surface area (Å²) in [5.41, 5.74) is 0.754. The first kappa shape index (κ1) is 14.5. The molecule has 0 bridgehead atoms. The summed E-state index contributed by atoms with van der Waals surface area (Å²) in [5.74, 6) is 0.668. The van der Waals surface area contributed by atoms with Crippen molar-refractivity contribution in [2.24, 2.45) is 0 Å². The van der Waals surface area contributed by atoms with Crippen molar-refractivity contribution in [3.8, 4) is 5.75 Å². The van der Waals surface area contributed by atoms with Gasteiger partial charge in [0.05, 0.1) is 13.2 Å². The van der Waals surface area contributed by atoms with Gasteiger partial charge in [-0.25, -0.2) is 0 Å². The van der Waals surface area contributed by atoms with Crippen LogP contribution in [0.15, 0.2) is 24.3 Å². The van der Waals surface area contributed by atoms with Gasteiger partial charge in [-0.3, -0.25) is 4.79 Å². The van der Waals surface area contributed by atoms with Crippen LogP contribution in [0.2, 0.25) is 0 Å². The van der Waals surface area contributed by atoms with Gasteiger partial charge in [-0.1, -0.05) is 12.1 Å². The number of ether oxygens (including phenoxy) is 1. The summed E-state index contributed by atoms with van der Waals surface area (Å²) in [6.45, 7) is 0.847. The lowest BCUT2D eigenvalue weighted by molar-refractivity contribution is -0.121. The molecule has 1 amide bonds. The number of hydrogen-bond donors (Lipinski definition) is 3. The molecule has 18 heavy (non-hydrogen) atoms. The molecule has 1 rings (SSSR count). The average molecular weight is 252 g/mol. The van der Waals surface area contributed by atoms with Crippen LogP contribution in [0, 0.1) is 0 Å². The van der Waals surface area contributed by atoms with E-state index in [4.69, 9.17) is 4.74 Å². The summed E-state index contributed by atoms with van der Waals surface area (Å²) in [6, 6.07) is 7.12. The van der Waals surface area contributed by atoms with Gasteiger partial charge in [-0.2, -0.15) is 0 Å². The maximum absolute atomic E-state index is 11.4. The zero-order valence-corrected chi connectivity index (χ0v) is 10.8. The van der Waals surface area contributed by atoms with Crippen LogP contribution in [0.4, 0.5) is 0 Å². The zero-order valence-electron chi connectivity index (χ0n) is 10.8. The molecule has 0 fully saturated rings. The predicted molar refractivity (Wildman–Crippen MR) is 69.5 cm³/mol. The number of rotatable bonds is 7. The van der Waals surface area contributed by atoms with E-state index in [1.54, 1.807) is 38.4 Å². The number of aliphatic hydroxyl groups is 1. The van der Waals surface area contributed by atoms with Crippen molar-refractivity contribution in [1.82, 2.24) is 10.6 Å². The molecule has 0 spiro atoms. The molecule has 1 unspecified atom stereocenters. The predicted octanol–water partition coefficient (Wildman–Crippen LogP) is 0.454. The van der Waals surface area contributed by atoms with Gasteiger partial charge in [0, 0.05) is 19.5 Å². The lowest BCUT2D eigenvalue weighted by Crippen LogP contribution is -2.30. The molecule has 0 aliphatic carbocycles. The highest BCUT2D eigenvalue weighted by atomic mass is 16.5. The van der Waals surface area contributed by atoms with Gasteiger partial charge in [-0.05, 0) is 24.7 Å². The topological polar surface area (TPSA) is 70.6 Å². The van der Waals surface area contributed by atoms with E-state index in [0.717, 1.165) is 11.3 Å². The second-order valence-corrected chi connectivity index (χ2v) is 3.95. The molecule has 0 heterocycles. The Balaban J connectivity index is 2.39. The van der Waals surface area contributed by atoms with Crippen LogP contribution in [-0.4, -0.2) is 38.3 Å². The quantitative estimate of drug-likeness (QED) is 0.659. The Bertz CT molecular complexity index is 365. The molecule has 1 aromatic rings. The molecule has 0 aromatic heterocycles. The third kappa shape index (κ3) is 4.73. The monoisotopic (exact) mass is 252 g/mol. The highest BCUT2D eigenvalue weighted by Crippen LogP contribution is 2.16. The fraction of sp³-hybridized carbons (Fsp3) is 0.462. The fourth-order valence-electron chi connectivity index (χ4n) is 1.48. The van der Waals surface area contributed by atoms with Crippen molar-refractivity contribution in [3.63, 3.8) is 0 Å². The Labute approximate surface area is 107 Å². The summed E-state index contributed by atoms with van der Waals surface area (Å²) >= 11 is 0. The summed E-state index contributed by atoms with van der Waals surface area (Å²) in [5, 5.41) is 15.5. The molecule has 0 aliphatic rings. The molecule has 5 heteroatoms. The van der Waals surface area contributed by atoms with Crippen molar-refractivity contribution in [2.45, 2.75) is 12.5 Å². The summed E-state index contributed by atoms with van der Waals surface area (Å²) in [4.78, 5) is 11.4. The largest absolute Gasteiger partial charge is 0.497 e. The van der Waals surface area contributed by atoms with Gasteiger partial charge in [0.15, 0.2) is 0 Å². The van der Waals surface area contributed by atoms with E-state index in [0.29, 0.717) is 13.0 Å². The van der Waals surface area contributed by atoms with Crippen molar-refractivity contribution in [3.05, 3.63) is 29.8 Å². The summed E-state index contributed by atoms with van der Waals surface area (Å²) < 4.78 is 5.03. The second-order valence-electron chi connectivity index (χ2n) is 3.95. The number of amides is 1. The zero-order chi connectivity index (χ0) is 13.4. The number of aliphatic hydroxyl groups excluding tert-OH is 1. The molecule has 100 valence electrons. The van der Waals surface area contributed by atoms with Crippen molar-refractivity contribution in [2.75, 3.05) is 27.2 Å². The molecule has 1 aromatic carbocycles. The lowest BCUT2D eigenvalue weighted by Gasteiger charge is -2.12. The fourth-order valence-corrected chi connectivity index (χ4v) is 1.48. The lowest BCUT2D eigenvalue weighted by atomic mass is 10.1. The van der Waals surface area contributed by atoms with Gasteiger partial charge >= 0.3 is 0 Å². The van der Waals surface area contributed by atoms with E-state index in [1.807, 2.05) is 0 Å². The number of benzene rings is 1. The smallest absolute Gasteiger partial charge is 0.221 e. The third-order valence-electron chi connectivity index (χ3n) is 2.60. The maximum atomic E-state index is 11.4. The molecular formula is C13H20N2O3. The molecule has 0 radical (unpaired) electrons. The van der Waals surface area contributed by atoms with E-state index in [9.17, 15) is 9.90 Å². The van der Waals surface area contributed by atoms with Crippen LogP contribution in [-0.2, 0) is 4.79 Å². The highest BCUT2D eigenvalue weighted by molar-refractivity contribution is 5.76. The van der Waals surface area contributed by atoms with Gasteiger partial charge in [0.1, 0.15) is 5.75 Å². The van der Waals surface area contributed by atoms with Crippen LogP contribution in [0.5, 0.6) is 5.75 Å². The van der Waals surface area contributed by atoms with Gasteiger partial charge in [0.2, 0.25) is 5.91 Å². The molecular weight excluding hydrogens is 232 g/mol. The molecule has 0 saturated carbocycles. The van der Waals surface area contributed by atoms with Crippen molar-refractivity contribution in [1.29, 1.82) is 0 Å². The molecule has 5 nitrogen and oxygen atoms in total. The van der Waals surface area contributed by atoms with Crippen LogP contribution < -0.4 is 15.4 Å². The Hall–Kier alpha value is -1.59. The number of nitrogens with one attached hydrogen (secondary N) is 2. The number of carbonyl (C=O) groups is 1. The van der Waals surface area contributed by atoms with Gasteiger partial charge < -0.3 is 20.5 Å². The SMILES string of the molecule is CNCCC(=O)NCC(O)c1ccc(OC)cc1. The highest BCUT2D eigenvalue weighted by Gasteiger charge is 2.09. The minimum Gasteiger partial charge on any atom is -0.497 e. The van der Waals surface area contributed by atoms with E-state index < -0.39 is 6.10 Å². The van der Waals surface area contributed by atoms with E-state index in [-0.39, 0.29) is 12.5 Å². The minimum absolute atomic E-state index is 0.0723. The minimum atomic E-state index is -0.700. The number of hydrogen-bond acceptors (Lipinski definition) is 4. The first-order valence-electron chi connectivity index (χ1n) is 5.90. The molecule has 3 N–H and O–H groups in total. The number of carbonyl (C=O) groups excluding carboxylic acids is 1. The maximum Gasteiger partial charge on any atom is 0.221 e. The van der Waals surface area contributed by atoms with Crippen molar-refractivity contribution < 1.29 is 14.6 Å². The Morgan fingerprint density at radius 1 is 1.39 bits per heavy atom. The summed E-state index contributed by atoms with van der Waals surface area (Å²) in [6.07, 6.45) is -0.291. The summed E-state index contributed by atoms with van der Waals surface area (Å²) in [7, 11) is 3.38. The van der Waals surface area contributed by atoms with Crippen LogP contribution in [0.3, 0.4) is 0 Å². The Morgan fingerprint density at radius 2 is 2.06 bits per heavy atom. The Morgan fingerprint density at radius 3 is 2.61 bits per heavy atom. The van der Waals surface area contributed by atoms with Crippen LogP contribution >= 0.6 is 0 Å². The molecule has 0 saturated heterocycles. The first-order chi connectivity index (χ1) is 8.67. The standard InChI is InChI=1S/C13H20N2O3/c1-14-8-7-13(17)15-9-12(16)10-3-5-11(18-2)6-4-10/h3-6,12,14,16H,7-9H2,1-2H3,(H,15,17). The average Bonchev–Trinajstić information content (AvgIpc) is 2.42. The van der Waals surface area contributed by atoms with Gasteiger partial charge in [-0.15, -0.1) is 0 Å². The number of methoxy groups -OCH3 is 1. The first-order valence-corrected chi connectivity index (χ1v) is 5.90.